The number of nitrogens with one attached hydrogen (secondary N) is 2. The Bertz CT molecular complexity index is 623. The number of aromatic nitrogens is 2. The maximum Gasteiger partial charge on any atom is 0.263 e. The summed E-state index contributed by atoms with van der Waals surface area (Å²) in [4.78, 5) is 7.02. The molecular weight excluding hydrogens is 306 g/mol. The normalized spacial score (nSPS) is 11.4. The van der Waals surface area contributed by atoms with Crippen molar-refractivity contribution in [1.82, 2.24) is 9.97 Å². The van der Waals surface area contributed by atoms with Crippen LogP contribution in [-0.2, 0) is 10.0 Å². The minimum absolute atomic E-state index is 0.194. The molecule has 0 amide bonds. The van der Waals surface area contributed by atoms with E-state index in [1.54, 1.807) is 25.3 Å². The van der Waals surface area contributed by atoms with Gasteiger partial charge in [-0.15, -0.1) is 0 Å². The predicted molar refractivity (Wildman–Crippen MR) is 68.3 cm³/mol. The van der Waals surface area contributed by atoms with Crippen LogP contribution in [0.3, 0.4) is 0 Å². The first kappa shape index (κ1) is 12.1. The Morgan fingerprint density at radius 1 is 1.35 bits per heavy atom. The quantitative estimate of drug-likeness (QED) is 0.853. The van der Waals surface area contributed by atoms with Crippen LogP contribution in [0.15, 0.2) is 40.1 Å². The Hall–Kier alpha value is -1.34. The average molecular weight is 316 g/mol. The third kappa shape index (κ3) is 2.67. The summed E-state index contributed by atoms with van der Waals surface area (Å²) in [6.45, 7) is 1.74. The molecule has 0 aliphatic heterocycles. The van der Waals surface area contributed by atoms with Gasteiger partial charge in [0.1, 0.15) is 9.50 Å². The fourth-order valence-electron chi connectivity index (χ4n) is 1.32. The molecular formula is C10H10BrN3O2S. The van der Waals surface area contributed by atoms with Crippen molar-refractivity contribution in [3.63, 3.8) is 0 Å². The molecule has 2 aromatic heterocycles. The highest BCUT2D eigenvalue weighted by Crippen LogP contribution is 2.20. The van der Waals surface area contributed by atoms with Gasteiger partial charge in [-0.05, 0) is 41.1 Å². The molecule has 2 N–H and O–H groups in total. The van der Waals surface area contributed by atoms with E-state index in [-0.39, 0.29) is 4.90 Å². The van der Waals surface area contributed by atoms with Gasteiger partial charge in [-0.2, -0.15) is 0 Å². The van der Waals surface area contributed by atoms with Gasteiger partial charge in [0.15, 0.2) is 0 Å². The van der Waals surface area contributed by atoms with Crippen LogP contribution in [0.4, 0.5) is 5.69 Å². The highest BCUT2D eigenvalue weighted by atomic mass is 79.9. The monoisotopic (exact) mass is 315 g/mol. The Kier molecular flexibility index (Phi) is 3.21. The molecule has 5 nitrogen and oxygen atoms in total. The zero-order valence-corrected chi connectivity index (χ0v) is 11.3. The van der Waals surface area contributed by atoms with Gasteiger partial charge in [0.2, 0.25) is 0 Å². The van der Waals surface area contributed by atoms with Gasteiger partial charge in [-0.1, -0.05) is 0 Å². The number of nitrogens with zero attached hydrogens (tertiary/aromatic N) is 1. The van der Waals surface area contributed by atoms with Crippen molar-refractivity contribution in [3.05, 3.63) is 40.9 Å². The number of hydrogen-bond acceptors (Lipinski definition) is 3. The maximum atomic E-state index is 11.9. The molecule has 2 heterocycles. The van der Waals surface area contributed by atoms with Crippen molar-refractivity contribution in [1.29, 1.82) is 0 Å². The van der Waals surface area contributed by atoms with Crippen molar-refractivity contribution < 1.29 is 8.42 Å². The molecule has 0 unspecified atom stereocenters. The van der Waals surface area contributed by atoms with E-state index in [0.29, 0.717) is 16.0 Å². The van der Waals surface area contributed by atoms with Crippen LogP contribution >= 0.6 is 15.9 Å². The van der Waals surface area contributed by atoms with E-state index in [4.69, 9.17) is 0 Å². The minimum atomic E-state index is -3.54. The summed E-state index contributed by atoms with van der Waals surface area (Å²) >= 11 is 3.22. The average Bonchev–Trinajstić information content (AvgIpc) is 2.76. The molecule has 90 valence electrons. The molecule has 0 aliphatic carbocycles. The van der Waals surface area contributed by atoms with E-state index in [1.165, 1.54) is 12.3 Å². The summed E-state index contributed by atoms with van der Waals surface area (Å²) in [5.74, 6) is 0. The fourth-order valence-corrected chi connectivity index (χ4v) is 2.81. The number of aryl methyl sites for hydroxylation is 1. The van der Waals surface area contributed by atoms with Gasteiger partial charge in [0, 0.05) is 12.4 Å². The lowest BCUT2D eigenvalue weighted by Gasteiger charge is -2.08. The SMILES string of the molecule is Cc1nc(Br)ccc1NS(=O)(=O)c1cc[nH]c1. The molecule has 17 heavy (non-hydrogen) atoms. The highest BCUT2D eigenvalue weighted by Gasteiger charge is 2.15. The van der Waals surface area contributed by atoms with Crippen molar-refractivity contribution in [2.75, 3.05) is 4.72 Å². The third-order valence-electron chi connectivity index (χ3n) is 2.18. The van der Waals surface area contributed by atoms with E-state index in [9.17, 15) is 8.42 Å². The maximum absolute atomic E-state index is 11.9. The van der Waals surface area contributed by atoms with Crippen molar-refractivity contribution in [2.45, 2.75) is 11.8 Å². The third-order valence-corrected chi connectivity index (χ3v) is 3.98. The van der Waals surface area contributed by atoms with Crippen molar-refractivity contribution in [2.24, 2.45) is 0 Å². The van der Waals surface area contributed by atoms with Gasteiger partial charge in [0.25, 0.3) is 10.0 Å². The number of halogens is 1. The standard InChI is InChI=1S/C10H10BrN3O2S/c1-7-9(2-3-10(11)13-7)14-17(15,16)8-4-5-12-6-8/h2-6,12,14H,1H3. The highest BCUT2D eigenvalue weighted by molar-refractivity contribution is 9.10. The predicted octanol–water partition coefficient (Wildman–Crippen LogP) is 2.28. The first-order valence-electron chi connectivity index (χ1n) is 4.78. The summed E-state index contributed by atoms with van der Waals surface area (Å²) in [6, 6.07) is 4.84. The number of sulfonamides is 1. The Morgan fingerprint density at radius 2 is 2.12 bits per heavy atom. The van der Waals surface area contributed by atoms with E-state index in [0.717, 1.165) is 0 Å². The molecule has 0 aromatic carbocycles. The number of rotatable bonds is 3. The number of aromatic amines is 1. The second kappa shape index (κ2) is 4.50. The van der Waals surface area contributed by atoms with Crippen LogP contribution in [0.1, 0.15) is 5.69 Å². The largest absolute Gasteiger partial charge is 0.366 e. The lowest BCUT2D eigenvalue weighted by Crippen LogP contribution is -2.13. The van der Waals surface area contributed by atoms with Crippen LogP contribution in [0.2, 0.25) is 0 Å². The molecule has 0 saturated carbocycles. The minimum Gasteiger partial charge on any atom is -0.366 e. The van der Waals surface area contributed by atoms with Gasteiger partial charge in [-0.3, -0.25) is 4.72 Å². The van der Waals surface area contributed by atoms with E-state index in [1.807, 2.05) is 0 Å². The van der Waals surface area contributed by atoms with Gasteiger partial charge >= 0.3 is 0 Å². The van der Waals surface area contributed by atoms with Gasteiger partial charge in [-0.25, -0.2) is 13.4 Å². The Morgan fingerprint density at radius 3 is 2.71 bits per heavy atom. The molecule has 2 rings (SSSR count). The Labute approximate surface area is 107 Å². The fraction of sp³-hybridized carbons (Fsp3) is 0.100. The van der Waals surface area contributed by atoms with Crippen LogP contribution in [0.5, 0.6) is 0 Å². The summed E-state index contributed by atoms with van der Waals surface area (Å²) in [5.41, 5.74) is 1.08. The summed E-state index contributed by atoms with van der Waals surface area (Å²) in [5, 5.41) is 0. The topological polar surface area (TPSA) is 74.8 Å². The molecule has 0 fully saturated rings. The number of hydrogen-bond donors (Lipinski definition) is 2. The van der Waals surface area contributed by atoms with Crippen molar-refractivity contribution >= 4 is 31.6 Å². The van der Waals surface area contributed by atoms with E-state index in [2.05, 4.69) is 30.6 Å². The number of anilines is 1. The zero-order valence-electron chi connectivity index (χ0n) is 8.94. The van der Waals surface area contributed by atoms with Crippen LogP contribution in [0.25, 0.3) is 0 Å². The number of pyridine rings is 1. The first-order valence-corrected chi connectivity index (χ1v) is 7.05. The van der Waals surface area contributed by atoms with Crippen LogP contribution in [-0.4, -0.2) is 18.4 Å². The second-order valence-electron chi connectivity index (χ2n) is 3.42. The van der Waals surface area contributed by atoms with Crippen molar-refractivity contribution in [3.8, 4) is 0 Å². The second-order valence-corrected chi connectivity index (χ2v) is 5.91. The summed E-state index contributed by atoms with van der Waals surface area (Å²) < 4.78 is 27.0. The number of H-pyrrole nitrogens is 1. The Balaban J connectivity index is 2.33. The summed E-state index contributed by atoms with van der Waals surface area (Å²) in [6.07, 6.45) is 2.98. The van der Waals surface area contributed by atoms with Crippen LogP contribution in [0, 0.1) is 6.92 Å². The lowest BCUT2D eigenvalue weighted by atomic mass is 10.3. The molecule has 0 radical (unpaired) electrons. The van der Waals surface area contributed by atoms with E-state index < -0.39 is 10.0 Å². The first-order chi connectivity index (χ1) is 7.99. The molecule has 0 spiro atoms. The lowest BCUT2D eigenvalue weighted by molar-refractivity contribution is 0.601. The molecule has 0 aliphatic rings. The molecule has 0 atom stereocenters. The molecule has 0 saturated heterocycles. The van der Waals surface area contributed by atoms with Crippen LogP contribution < -0.4 is 4.72 Å². The van der Waals surface area contributed by atoms with Gasteiger partial charge < -0.3 is 4.98 Å². The summed E-state index contributed by atoms with van der Waals surface area (Å²) in [7, 11) is -3.54. The smallest absolute Gasteiger partial charge is 0.263 e. The van der Waals surface area contributed by atoms with Gasteiger partial charge in [0.05, 0.1) is 11.4 Å². The molecule has 2 aromatic rings. The van der Waals surface area contributed by atoms with E-state index >= 15 is 0 Å². The molecule has 0 bridgehead atoms. The molecule has 7 heteroatoms. The zero-order chi connectivity index (χ0) is 12.5.